The Hall–Kier alpha value is -1.85. The highest BCUT2D eigenvalue weighted by atomic mass is 19.1. The summed E-state index contributed by atoms with van der Waals surface area (Å²) in [6.45, 7) is 0. The molecule has 1 aromatic rings. The van der Waals surface area contributed by atoms with Crippen LogP contribution in [0.25, 0.3) is 0 Å². The molecule has 1 aromatic heterocycles. The number of carboxylic acids is 1. The van der Waals surface area contributed by atoms with Gasteiger partial charge in [-0.2, -0.15) is 4.39 Å². The van der Waals surface area contributed by atoms with Crippen molar-refractivity contribution < 1.29 is 23.8 Å². The van der Waals surface area contributed by atoms with Crippen molar-refractivity contribution in [1.29, 1.82) is 0 Å². The van der Waals surface area contributed by atoms with Crippen LogP contribution in [-0.2, 0) is 0 Å². The molecule has 0 bridgehead atoms. The molecule has 14 heavy (non-hydrogen) atoms. The molecule has 0 fully saturated rings. The van der Waals surface area contributed by atoms with Crippen molar-refractivity contribution in [3.05, 3.63) is 17.7 Å². The molecule has 0 aromatic carbocycles. The van der Waals surface area contributed by atoms with Crippen molar-refractivity contribution >= 4 is 5.97 Å². The lowest BCUT2D eigenvalue weighted by atomic mass is 10.2. The Morgan fingerprint density at radius 2 is 2.00 bits per heavy atom. The number of aromatic carboxylic acids is 1. The van der Waals surface area contributed by atoms with E-state index in [0.29, 0.717) is 0 Å². The number of methoxy groups -OCH3 is 2. The molecule has 0 amide bonds. The minimum Gasteiger partial charge on any atom is -0.492 e. The fraction of sp³-hybridized carbons (Fsp3) is 0.250. The average molecular weight is 201 g/mol. The number of hydrogen-bond acceptors (Lipinski definition) is 4. The van der Waals surface area contributed by atoms with E-state index < -0.39 is 11.9 Å². The zero-order valence-electron chi connectivity index (χ0n) is 7.57. The minimum absolute atomic E-state index is 0.174. The standard InChI is InChI=1S/C8H8FNO4/c1-13-5-4(8(11)12)3-10-7(9)6(5)14-2/h3H,1-2H3,(H,11,12). The number of hydrogen-bond donors (Lipinski definition) is 1. The molecular weight excluding hydrogens is 193 g/mol. The van der Waals surface area contributed by atoms with Gasteiger partial charge in [0.15, 0.2) is 5.75 Å². The van der Waals surface area contributed by atoms with E-state index in [-0.39, 0.29) is 17.1 Å². The molecule has 76 valence electrons. The number of ether oxygens (including phenoxy) is 2. The van der Waals surface area contributed by atoms with Gasteiger partial charge < -0.3 is 14.6 Å². The van der Waals surface area contributed by atoms with Gasteiger partial charge in [-0.3, -0.25) is 0 Å². The van der Waals surface area contributed by atoms with Gasteiger partial charge in [-0.15, -0.1) is 0 Å². The van der Waals surface area contributed by atoms with Crippen LogP contribution in [0.5, 0.6) is 11.5 Å². The predicted molar refractivity (Wildman–Crippen MR) is 44.3 cm³/mol. The van der Waals surface area contributed by atoms with Crippen molar-refractivity contribution in [2.75, 3.05) is 14.2 Å². The summed E-state index contributed by atoms with van der Waals surface area (Å²) in [7, 11) is 2.43. The number of rotatable bonds is 3. The fourth-order valence-corrected chi connectivity index (χ4v) is 0.986. The zero-order valence-corrected chi connectivity index (χ0v) is 7.57. The van der Waals surface area contributed by atoms with Crippen LogP contribution in [0.15, 0.2) is 6.20 Å². The molecule has 6 heteroatoms. The second-order valence-electron chi connectivity index (χ2n) is 2.33. The largest absolute Gasteiger partial charge is 0.492 e. The van der Waals surface area contributed by atoms with Crippen molar-refractivity contribution in [2.24, 2.45) is 0 Å². The molecule has 0 aliphatic rings. The third-order valence-corrected chi connectivity index (χ3v) is 1.58. The first-order valence-corrected chi connectivity index (χ1v) is 3.61. The van der Waals surface area contributed by atoms with Crippen molar-refractivity contribution in [1.82, 2.24) is 4.98 Å². The molecule has 1 heterocycles. The molecule has 0 saturated heterocycles. The molecule has 1 N–H and O–H groups in total. The quantitative estimate of drug-likeness (QED) is 0.737. The van der Waals surface area contributed by atoms with Crippen LogP contribution in [-0.4, -0.2) is 30.3 Å². The highest BCUT2D eigenvalue weighted by Crippen LogP contribution is 2.31. The summed E-state index contributed by atoms with van der Waals surface area (Å²) < 4.78 is 22.3. The van der Waals surface area contributed by atoms with Crippen LogP contribution >= 0.6 is 0 Å². The van der Waals surface area contributed by atoms with Gasteiger partial charge in [0.1, 0.15) is 5.56 Å². The lowest BCUT2D eigenvalue weighted by molar-refractivity contribution is 0.0691. The smallest absolute Gasteiger partial charge is 0.341 e. The Morgan fingerprint density at radius 1 is 1.43 bits per heavy atom. The summed E-state index contributed by atoms with van der Waals surface area (Å²) in [6, 6.07) is 0. The number of aromatic nitrogens is 1. The van der Waals surface area contributed by atoms with E-state index >= 15 is 0 Å². The van der Waals surface area contributed by atoms with E-state index in [1.807, 2.05) is 0 Å². The first-order valence-electron chi connectivity index (χ1n) is 3.61. The topological polar surface area (TPSA) is 68.7 Å². The van der Waals surface area contributed by atoms with Crippen molar-refractivity contribution in [3.8, 4) is 11.5 Å². The molecule has 0 unspecified atom stereocenters. The van der Waals surface area contributed by atoms with Crippen molar-refractivity contribution in [3.63, 3.8) is 0 Å². The minimum atomic E-state index is -1.26. The summed E-state index contributed by atoms with van der Waals surface area (Å²) in [5.74, 6) is -2.65. The highest BCUT2D eigenvalue weighted by molar-refractivity contribution is 5.91. The Balaban J connectivity index is 3.40. The van der Waals surface area contributed by atoms with Crippen LogP contribution in [0.4, 0.5) is 4.39 Å². The maximum atomic E-state index is 13.0. The molecule has 0 atom stereocenters. The second-order valence-corrected chi connectivity index (χ2v) is 2.33. The Labute approximate surface area is 79.1 Å². The predicted octanol–water partition coefficient (Wildman–Crippen LogP) is 0.936. The summed E-state index contributed by atoms with van der Waals surface area (Å²) >= 11 is 0. The number of carbonyl (C=O) groups is 1. The molecule has 0 aliphatic carbocycles. The number of nitrogens with zero attached hydrogens (tertiary/aromatic N) is 1. The third kappa shape index (κ3) is 1.59. The van der Waals surface area contributed by atoms with E-state index in [9.17, 15) is 9.18 Å². The van der Waals surface area contributed by atoms with Gasteiger partial charge >= 0.3 is 5.97 Å². The van der Waals surface area contributed by atoms with Crippen LogP contribution in [0.3, 0.4) is 0 Å². The van der Waals surface area contributed by atoms with Crippen LogP contribution < -0.4 is 9.47 Å². The van der Waals surface area contributed by atoms with Gasteiger partial charge in [0, 0.05) is 6.20 Å². The molecule has 0 radical (unpaired) electrons. The first kappa shape index (κ1) is 10.2. The summed E-state index contributed by atoms with van der Waals surface area (Å²) in [5, 5.41) is 8.71. The highest BCUT2D eigenvalue weighted by Gasteiger charge is 2.20. The first-order chi connectivity index (χ1) is 6.61. The molecule has 1 rings (SSSR count). The van der Waals surface area contributed by atoms with Crippen LogP contribution in [0.2, 0.25) is 0 Å². The summed E-state index contributed by atoms with van der Waals surface area (Å²) in [6.07, 6.45) is 0.874. The summed E-state index contributed by atoms with van der Waals surface area (Å²) in [4.78, 5) is 13.9. The Kier molecular flexibility index (Phi) is 2.85. The number of pyridine rings is 1. The van der Waals surface area contributed by atoms with Gasteiger partial charge in [0.05, 0.1) is 14.2 Å². The van der Waals surface area contributed by atoms with Gasteiger partial charge in [0.25, 0.3) is 5.95 Å². The fourth-order valence-electron chi connectivity index (χ4n) is 0.986. The van der Waals surface area contributed by atoms with Crippen molar-refractivity contribution in [2.45, 2.75) is 0 Å². The van der Waals surface area contributed by atoms with E-state index in [4.69, 9.17) is 9.84 Å². The molecular formula is C8H8FNO4. The van der Waals surface area contributed by atoms with Crippen LogP contribution in [0, 0.1) is 5.95 Å². The van der Waals surface area contributed by atoms with E-state index in [0.717, 1.165) is 6.20 Å². The lowest BCUT2D eigenvalue weighted by Crippen LogP contribution is -2.05. The zero-order chi connectivity index (χ0) is 10.7. The average Bonchev–Trinajstić information content (AvgIpc) is 2.16. The lowest BCUT2D eigenvalue weighted by Gasteiger charge is -2.09. The maximum Gasteiger partial charge on any atom is 0.341 e. The number of halogens is 1. The van der Waals surface area contributed by atoms with Gasteiger partial charge in [-0.05, 0) is 0 Å². The van der Waals surface area contributed by atoms with E-state index in [1.165, 1.54) is 14.2 Å². The monoisotopic (exact) mass is 201 g/mol. The normalized spacial score (nSPS) is 9.64. The summed E-state index contributed by atoms with van der Waals surface area (Å²) in [5.41, 5.74) is -0.245. The second kappa shape index (κ2) is 3.91. The number of carboxylic acid groups (broad SMARTS) is 1. The molecule has 0 spiro atoms. The SMILES string of the molecule is COc1c(C(=O)O)cnc(F)c1OC. The van der Waals surface area contributed by atoms with Gasteiger partial charge in [-0.25, -0.2) is 9.78 Å². The molecule has 0 aliphatic heterocycles. The molecule has 5 nitrogen and oxygen atoms in total. The van der Waals surface area contributed by atoms with E-state index in [2.05, 4.69) is 9.72 Å². The Morgan fingerprint density at radius 3 is 2.43 bits per heavy atom. The third-order valence-electron chi connectivity index (χ3n) is 1.58. The van der Waals surface area contributed by atoms with Gasteiger partial charge in [0.2, 0.25) is 5.75 Å². The Bertz CT molecular complexity index is 367. The van der Waals surface area contributed by atoms with E-state index in [1.54, 1.807) is 0 Å². The van der Waals surface area contributed by atoms with Crippen LogP contribution in [0.1, 0.15) is 10.4 Å². The maximum absolute atomic E-state index is 13.0. The molecule has 0 saturated carbocycles. The van der Waals surface area contributed by atoms with Gasteiger partial charge in [-0.1, -0.05) is 0 Å².